The first-order valence-electron chi connectivity index (χ1n) is 16.6. The number of nitro benzene ring substituents is 1. The number of hydrogen-bond acceptors (Lipinski definition) is 16. The second kappa shape index (κ2) is 25.9. The lowest BCUT2D eigenvalue weighted by atomic mass is 10.1. The van der Waals surface area contributed by atoms with Gasteiger partial charge in [-0.05, 0) is 81.4 Å². The van der Waals surface area contributed by atoms with E-state index in [4.69, 9.17) is 42.7 Å². The van der Waals surface area contributed by atoms with Crippen LogP contribution in [0.4, 0.5) is 30.8 Å². The predicted molar refractivity (Wildman–Crippen MR) is 214 cm³/mol. The molecule has 0 bridgehead atoms. The molecule has 0 spiro atoms. The van der Waals surface area contributed by atoms with Crippen molar-refractivity contribution < 1.29 is 66.1 Å². The van der Waals surface area contributed by atoms with Gasteiger partial charge >= 0.3 is 24.1 Å². The monoisotopic (exact) mass is 921 g/mol. The Bertz CT molecular complexity index is 1900. The molecular formula is C33H45Cl2F3N7O12PS. The number of aliphatic carboxylic acids is 1. The highest BCUT2D eigenvalue weighted by Crippen LogP contribution is 2.37. The average Bonchev–Trinajstić information content (AvgIpc) is 3.06. The summed E-state index contributed by atoms with van der Waals surface area (Å²) in [4.78, 5) is 73.6. The number of esters is 2. The number of carboxylic acid groups (broad SMARTS) is 1. The second-order valence-corrected chi connectivity index (χ2v) is 17.3. The molecule has 1 aromatic heterocycles. The molecular weight excluding hydrogens is 877 g/mol. The Labute approximate surface area is 350 Å². The molecule has 330 valence electrons. The first kappa shape index (κ1) is 54.5. The van der Waals surface area contributed by atoms with Crippen LogP contribution in [0.2, 0.25) is 10.3 Å². The number of alkyl halides is 3. The maximum absolute atomic E-state index is 12.7. The van der Waals surface area contributed by atoms with Crippen LogP contribution < -0.4 is 25.6 Å². The van der Waals surface area contributed by atoms with Crippen molar-refractivity contribution in [2.75, 3.05) is 62.0 Å². The number of anilines is 2. The van der Waals surface area contributed by atoms with Crippen LogP contribution in [0.25, 0.3) is 0 Å². The van der Waals surface area contributed by atoms with Crippen molar-refractivity contribution >= 4 is 77.2 Å². The number of hydrogen-bond donors (Lipinski definition) is 5. The molecule has 1 unspecified atom stereocenters. The topological polar surface area (TPSA) is 277 Å². The van der Waals surface area contributed by atoms with E-state index in [1.165, 1.54) is 6.92 Å². The largest absolute Gasteiger partial charge is 0.778 e. The molecule has 3 rings (SSSR count). The zero-order chi connectivity index (χ0) is 45.7. The summed E-state index contributed by atoms with van der Waals surface area (Å²) in [6.07, 6.45) is 1.27. The molecule has 0 saturated carbocycles. The molecule has 0 aliphatic carbocycles. The summed E-state index contributed by atoms with van der Waals surface area (Å²) in [5.74, 6) is -2.55. The third-order valence-electron chi connectivity index (χ3n) is 5.52. The summed E-state index contributed by atoms with van der Waals surface area (Å²) < 4.78 is 62.7. The number of carbonyl (C=O) groups is 3. The highest BCUT2D eigenvalue weighted by atomic mass is 35.5. The minimum atomic E-state index is -4.61. The molecule has 5 N–H and O–H groups in total. The minimum absolute atomic E-state index is 0.0493. The first-order chi connectivity index (χ1) is 27.1. The number of nitro groups is 1. The van der Waals surface area contributed by atoms with E-state index in [1.54, 1.807) is 0 Å². The van der Waals surface area contributed by atoms with Crippen LogP contribution in [-0.4, -0.2) is 105 Å². The van der Waals surface area contributed by atoms with Crippen molar-refractivity contribution in [3.8, 4) is 11.5 Å². The lowest BCUT2D eigenvalue weighted by Crippen LogP contribution is -2.27. The first-order valence-corrected chi connectivity index (χ1v) is 21.6. The maximum atomic E-state index is 12.7. The number of rotatable bonds is 14. The molecule has 0 radical (unpaired) electrons. The van der Waals surface area contributed by atoms with Gasteiger partial charge in [0.05, 0.1) is 53.7 Å². The van der Waals surface area contributed by atoms with E-state index >= 15 is 0 Å². The molecule has 19 nitrogen and oxygen atoms in total. The standard InChI is InChI=1S/C18H13ClF3NO7.C9H16ClN5.C3H8NO5P.C3H9S/c1-2-28-16(24)9-29-17(25)12-8-11(4-5-14(12)23(26)27)30-15-6-3-10(7-13(15)19)18(20,21)22;1-5-11-7-12-6(10)13-8(14-7)15-9(2,3)4;5-3(6)1-4-2-10(7,8)9;1-4(2)3/h3-8H,2,9H2,1H3;5H2,1-4H3,(H2,11,12,13,14,15);4H,1-2H2,(H,5,6)(H2,7,8,9);1-3H3/q;;;+1/p-1. The molecule has 2 aromatic carbocycles. The quantitative estimate of drug-likeness (QED) is 0.0432. The van der Waals surface area contributed by atoms with Gasteiger partial charge in [-0.2, -0.15) is 28.1 Å². The van der Waals surface area contributed by atoms with E-state index in [1.807, 2.05) is 33.0 Å². The fraction of sp³-hybridized carbons (Fsp3) is 0.455. The Morgan fingerprint density at radius 3 is 2.05 bits per heavy atom. The zero-order valence-corrected chi connectivity index (χ0v) is 36.2. The summed E-state index contributed by atoms with van der Waals surface area (Å²) in [6.45, 7) is 9.13. The molecule has 0 amide bonds. The van der Waals surface area contributed by atoms with Crippen LogP contribution in [0.3, 0.4) is 0 Å². The van der Waals surface area contributed by atoms with E-state index in [2.05, 4.69) is 49.1 Å². The van der Waals surface area contributed by atoms with Gasteiger partial charge in [-0.25, -0.2) is 9.59 Å². The number of nitrogens with one attached hydrogen (secondary N) is 3. The second-order valence-electron chi connectivity index (χ2n) is 12.6. The smallest absolute Gasteiger partial charge is 0.416 e. The van der Waals surface area contributed by atoms with Crippen molar-refractivity contribution in [3.05, 3.63) is 67.9 Å². The molecule has 0 saturated heterocycles. The van der Waals surface area contributed by atoms with E-state index in [-0.39, 0.29) is 34.0 Å². The van der Waals surface area contributed by atoms with Gasteiger partial charge in [-0.15, -0.1) is 0 Å². The van der Waals surface area contributed by atoms with Gasteiger partial charge in [0.2, 0.25) is 17.2 Å². The molecule has 0 aliphatic rings. The molecule has 1 atom stereocenters. The van der Waals surface area contributed by atoms with E-state index in [0.29, 0.717) is 28.9 Å². The number of ether oxygens (including phenoxy) is 3. The van der Waals surface area contributed by atoms with Gasteiger partial charge in [0.25, 0.3) is 5.69 Å². The lowest BCUT2D eigenvalue weighted by molar-refractivity contribution is -0.385. The highest BCUT2D eigenvalue weighted by molar-refractivity contribution is 7.94. The van der Waals surface area contributed by atoms with Gasteiger partial charge < -0.3 is 44.3 Å². The predicted octanol–water partition coefficient (Wildman–Crippen LogP) is 5.60. The van der Waals surface area contributed by atoms with Crippen LogP contribution in [0.15, 0.2) is 36.4 Å². The van der Waals surface area contributed by atoms with Gasteiger partial charge in [-0.1, -0.05) is 11.6 Å². The van der Waals surface area contributed by atoms with Crippen LogP contribution in [-0.2, 0) is 40.7 Å². The summed E-state index contributed by atoms with van der Waals surface area (Å²) in [7, 11) is -3.71. The van der Waals surface area contributed by atoms with Gasteiger partial charge in [0, 0.05) is 24.2 Å². The van der Waals surface area contributed by atoms with Crippen LogP contribution >= 0.6 is 30.8 Å². The van der Waals surface area contributed by atoms with Crippen molar-refractivity contribution in [1.82, 2.24) is 20.3 Å². The number of benzene rings is 2. The fourth-order valence-corrected chi connectivity index (χ4v) is 4.25. The van der Waals surface area contributed by atoms with Crippen molar-refractivity contribution in [1.29, 1.82) is 0 Å². The fourth-order valence-electron chi connectivity index (χ4n) is 3.48. The molecule has 0 fully saturated rings. The molecule has 0 aliphatic heterocycles. The van der Waals surface area contributed by atoms with Crippen LogP contribution in [0.1, 0.15) is 50.5 Å². The Balaban J connectivity index is 0.000000956. The highest BCUT2D eigenvalue weighted by Gasteiger charge is 2.31. The summed E-state index contributed by atoms with van der Waals surface area (Å²) in [5, 5.41) is 27.1. The number of nitrogens with zero attached hydrogens (tertiary/aromatic N) is 4. The third-order valence-corrected chi connectivity index (χ3v) is 6.60. The van der Waals surface area contributed by atoms with E-state index in [0.717, 1.165) is 36.9 Å². The molecule has 59 heavy (non-hydrogen) atoms. The molecule has 3 aromatic rings. The average molecular weight is 923 g/mol. The zero-order valence-electron chi connectivity index (χ0n) is 33.0. The van der Waals surface area contributed by atoms with Gasteiger partial charge in [0.1, 0.15) is 24.7 Å². The minimum Gasteiger partial charge on any atom is -0.778 e. The summed E-state index contributed by atoms with van der Waals surface area (Å²) in [5.41, 5.74) is -2.26. The van der Waals surface area contributed by atoms with E-state index < -0.39 is 72.9 Å². The van der Waals surface area contributed by atoms with Gasteiger partial charge in [-0.3, -0.25) is 20.2 Å². The van der Waals surface area contributed by atoms with Crippen molar-refractivity contribution in [2.24, 2.45) is 0 Å². The molecule has 1 heterocycles. The van der Waals surface area contributed by atoms with E-state index in [9.17, 15) is 47.1 Å². The Morgan fingerprint density at radius 2 is 1.58 bits per heavy atom. The number of halogens is 5. The van der Waals surface area contributed by atoms with Gasteiger partial charge in [0.15, 0.2) is 6.61 Å². The molecule has 26 heteroatoms. The normalized spacial score (nSPS) is 11.8. The SMILES string of the molecule is CCNc1nc(Cl)nc(NC(C)(C)C)n1.CCOC(=O)COC(=O)c1cc(Oc2ccc(C(F)(F)F)cc2Cl)ccc1[N+](=O)[O-].C[S+](C)C.O=C(O)CNCP(=O)([O-])O. The third kappa shape index (κ3) is 25.6. The lowest BCUT2D eigenvalue weighted by Gasteiger charge is -2.20. The maximum Gasteiger partial charge on any atom is 0.416 e. The number of carboxylic acids is 1. The summed E-state index contributed by atoms with van der Waals surface area (Å²) >= 11 is 11.6. The van der Waals surface area contributed by atoms with Crippen LogP contribution in [0, 0.1) is 10.1 Å². The number of aromatic nitrogens is 3. The van der Waals surface area contributed by atoms with Crippen LogP contribution in [0.5, 0.6) is 11.5 Å². The van der Waals surface area contributed by atoms with Crippen molar-refractivity contribution in [2.45, 2.75) is 46.3 Å². The van der Waals surface area contributed by atoms with Crippen molar-refractivity contribution in [3.63, 3.8) is 0 Å². The Kier molecular flexibility index (Phi) is 23.9. The Morgan fingerprint density at radius 1 is 0.983 bits per heavy atom. The Hall–Kier alpha value is -4.51. The number of carbonyl (C=O) groups excluding carboxylic acids is 2. The summed E-state index contributed by atoms with van der Waals surface area (Å²) in [6, 6.07) is 5.35.